The molecule has 0 aliphatic carbocycles. The number of rotatable bonds is 10. The van der Waals surface area contributed by atoms with E-state index in [-0.39, 0.29) is 0 Å². The molecule has 0 radical (unpaired) electrons. The summed E-state index contributed by atoms with van der Waals surface area (Å²) in [6, 6.07) is -0.793. The molecule has 0 saturated heterocycles. The molecule has 0 aliphatic heterocycles. The first-order valence-corrected chi connectivity index (χ1v) is 7.16. The first kappa shape index (κ1) is 16.4. The minimum absolute atomic E-state index is 0.442. The van der Waals surface area contributed by atoms with E-state index in [1.165, 1.54) is 19.3 Å². The maximum Gasteiger partial charge on any atom is 0.320 e. The molecule has 6 heteroatoms. The van der Waals surface area contributed by atoms with Gasteiger partial charge in [-0.3, -0.25) is 4.79 Å². The van der Waals surface area contributed by atoms with E-state index in [1.807, 2.05) is 12.4 Å². The number of carboxylic acid groups (broad SMARTS) is 1. The van der Waals surface area contributed by atoms with E-state index < -0.39 is 12.0 Å². The number of hydrogen-bond acceptors (Lipinski definition) is 5. The van der Waals surface area contributed by atoms with Crippen LogP contribution in [0.25, 0.3) is 0 Å². The van der Waals surface area contributed by atoms with Crippen molar-refractivity contribution in [3.8, 4) is 0 Å². The van der Waals surface area contributed by atoms with Gasteiger partial charge in [0.25, 0.3) is 0 Å². The highest BCUT2D eigenvalue weighted by molar-refractivity contribution is 5.72. The van der Waals surface area contributed by atoms with E-state index in [2.05, 4.69) is 22.2 Å². The number of aryl methyl sites for hydroxylation is 1. The Morgan fingerprint density at radius 3 is 2.65 bits per heavy atom. The molecular formula is C14H24N4O2. The number of nitrogens with one attached hydrogen (secondary N) is 1. The van der Waals surface area contributed by atoms with E-state index in [1.54, 1.807) is 0 Å². The Morgan fingerprint density at radius 2 is 2.05 bits per heavy atom. The van der Waals surface area contributed by atoms with Crippen LogP contribution in [0, 0.1) is 0 Å². The molecule has 0 saturated carbocycles. The SMILES string of the molecule is CCCCCc1cnc(NCCCC(N)C(=O)O)nc1. The number of hydrogen-bond donors (Lipinski definition) is 3. The monoisotopic (exact) mass is 280 g/mol. The van der Waals surface area contributed by atoms with Crippen LogP contribution in [0.3, 0.4) is 0 Å². The quantitative estimate of drug-likeness (QED) is 0.565. The number of nitrogens with two attached hydrogens (primary N) is 1. The van der Waals surface area contributed by atoms with Gasteiger partial charge in [0.15, 0.2) is 0 Å². The van der Waals surface area contributed by atoms with E-state index in [0.717, 1.165) is 12.0 Å². The fourth-order valence-corrected chi connectivity index (χ4v) is 1.80. The Hall–Kier alpha value is -1.69. The predicted molar refractivity (Wildman–Crippen MR) is 78.6 cm³/mol. The second-order valence-corrected chi connectivity index (χ2v) is 4.89. The summed E-state index contributed by atoms with van der Waals surface area (Å²) in [6.07, 6.45) is 9.42. The molecule has 1 atom stereocenters. The number of aromatic nitrogens is 2. The maximum absolute atomic E-state index is 10.5. The van der Waals surface area contributed by atoms with Crippen LogP contribution >= 0.6 is 0 Å². The van der Waals surface area contributed by atoms with Crippen LogP contribution in [0.4, 0.5) is 5.95 Å². The largest absolute Gasteiger partial charge is 0.480 e. The van der Waals surface area contributed by atoms with Gasteiger partial charge in [-0.05, 0) is 31.2 Å². The highest BCUT2D eigenvalue weighted by Gasteiger charge is 2.10. The Morgan fingerprint density at radius 1 is 1.35 bits per heavy atom. The average molecular weight is 280 g/mol. The van der Waals surface area contributed by atoms with Gasteiger partial charge in [-0.15, -0.1) is 0 Å². The molecule has 6 nitrogen and oxygen atoms in total. The van der Waals surface area contributed by atoms with Crippen LogP contribution in [-0.4, -0.2) is 33.6 Å². The van der Waals surface area contributed by atoms with Crippen molar-refractivity contribution in [3.05, 3.63) is 18.0 Å². The summed E-state index contributed by atoms with van der Waals surface area (Å²) in [7, 11) is 0. The molecule has 4 N–H and O–H groups in total. The maximum atomic E-state index is 10.5. The van der Waals surface area contributed by atoms with Crippen molar-refractivity contribution >= 4 is 11.9 Å². The second-order valence-electron chi connectivity index (χ2n) is 4.89. The van der Waals surface area contributed by atoms with Crippen LogP contribution in [0.5, 0.6) is 0 Å². The lowest BCUT2D eigenvalue weighted by Crippen LogP contribution is -2.30. The van der Waals surface area contributed by atoms with Crippen molar-refractivity contribution < 1.29 is 9.90 Å². The third-order valence-corrected chi connectivity index (χ3v) is 3.07. The summed E-state index contributed by atoms with van der Waals surface area (Å²) in [4.78, 5) is 19.0. The van der Waals surface area contributed by atoms with Gasteiger partial charge in [-0.2, -0.15) is 0 Å². The molecule has 0 spiro atoms. The minimum Gasteiger partial charge on any atom is -0.480 e. The number of anilines is 1. The van der Waals surface area contributed by atoms with Gasteiger partial charge in [0, 0.05) is 18.9 Å². The van der Waals surface area contributed by atoms with Crippen LogP contribution in [0.15, 0.2) is 12.4 Å². The molecule has 0 amide bonds. The smallest absolute Gasteiger partial charge is 0.320 e. The fourth-order valence-electron chi connectivity index (χ4n) is 1.80. The summed E-state index contributed by atoms with van der Waals surface area (Å²) >= 11 is 0. The zero-order chi connectivity index (χ0) is 14.8. The van der Waals surface area contributed by atoms with Crippen molar-refractivity contribution in [2.75, 3.05) is 11.9 Å². The molecule has 0 aromatic carbocycles. The molecule has 112 valence electrons. The van der Waals surface area contributed by atoms with Crippen molar-refractivity contribution in [1.82, 2.24) is 9.97 Å². The molecule has 1 aromatic heterocycles. The summed E-state index contributed by atoms with van der Waals surface area (Å²) in [5, 5.41) is 11.7. The molecule has 0 fully saturated rings. The number of unbranched alkanes of at least 4 members (excludes halogenated alkanes) is 2. The van der Waals surface area contributed by atoms with Gasteiger partial charge in [0.2, 0.25) is 5.95 Å². The Balaban J connectivity index is 2.22. The van der Waals surface area contributed by atoms with Crippen LogP contribution in [0.2, 0.25) is 0 Å². The summed E-state index contributed by atoms with van der Waals surface area (Å²) < 4.78 is 0. The molecular weight excluding hydrogens is 256 g/mol. The van der Waals surface area contributed by atoms with Gasteiger partial charge < -0.3 is 16.2 Å². The number of carboxylic acids is 1. The molecule has 1 unspecified atom stereocenters. The molecule has 0 bridgehead atoms. The van der Waals surface area contributed by atoms with Gasteiger partial charge in [0.1, 0.15) is 6.04 Å². The lowest BCUT2D eigenvalue weighted by Gasteiger charge is -2.07. The van der Waals surface area contributed by atoms with Gasteiger partial charge in [-0.25, -0.2) is 9.97 Å². The lowest BCUT2D eigenvalue weighted by molar-refractivity contribution is -0.138. The Kier molecular flexibility index (Phi) is 7.57. The van der Waals surface area contributed by atoms with Crippen molar-refractivity contribution in [3.63, 3.8) is 0 Å². The molecule has 1 rings (SSSR count). The highest BCUT2D eigenvalue weighted by Crippen LogP contribution is 2.06. The topological polar surface area (TPSA) is 101 Å². The van der Waals surface area contributed by atoms with E-state index in [9.17, 15) is 4.79 Å². The van der Waals surface area contributed by atoms with Crippen molar-refractivity contribution in [2.45, 2.75) is 51.5 Å². The van der Waals surface area contributed by atoms with Crippen LogP contribution < -0.4 is 11.1 Å². The predicted octanol–water partition coefficient (Wildman–Crippen LogP) is 1.81. The van der Waals surface area contributed by atoms with E-state index in [0.29, 0.717) is 25.3 Å². The number of aliphatic carboxylic acids is 1. The first-order chi connectivity index (χ1) is 9.63. The van der Waals surface area contributed by atoms with Crippen LogP contribution in [0.1, 0.15) is 44.6 Å². The summed E-state index contributed by atoms with van der Waals surface area (Å²) in [5.74, 6) is -0.383. The zero-order valence-electron chi connectivity index (χ0n) is 12.0. The lowest BCUT2D eigenvalue weighted by atomic mass is 10.1. The molecule has 20 heavy (non-hydrogen) atoms. The number of carbonyl (C=O) groups is 1. The Bertz CT molecular complexity index is 395. The van der Waals surface area contributed by atoms with E-state index in [4.69, 9.17) is 10.8 Å². The molecule has 1 heterocycles. The van der Waals surface area contributed by atoms with Crippen molar-refractivity contribution in [1.29, 1.82) is 0 Å². The van der Waals surface area contributed by atoms with Crippen molar-refractivity contribution in [2.24, 2.45) is 5.73 Å². The summed E-state index contributed by atoms with van der Waals surface area (Å²) in [6.45, 7) is 2.80. The fraction of sp³-hybridized carbons (Fsp3) is 0.643. The second kappa shape index (κ2) is 9.25. The highest BCUT2D eigenvalue weighted by atomic mass is 16.4. The van der Waals surface area contributed by atoms with E-state index >= 15 is 0 Å². The third kappa shape index (κ3) is 6.47. The normalized spacial score (nSPS) is 12.1. The van der Waals surface area contributed by atoms with Gasteiger partial charge in [0.05, 0.1) is 0 Å². The molecule has 0 aliphatic rings. The van der Waals surface area contributed by atoms with Gasteiger partial charge >= 0.3 is 5.97 Å². The standard InChI is InChI=1S/C14H24N4O2/c1-2-3-4-6-11-9-17-14(18-10-11)16-8-5-7-12(15)13(19)20/h9-10,12H,2-8,15H2,1H3,(H,19,20)(H,16,17,18). The third-order valence-electron chi connectivity index (χ3n) is 3.07. The first-order valence-electron chi connectivity index (χ1n) is 7.16. The van der Waals surface area contributed by atoms with Crippen LogP contribution in [-0.2, 0) is 11.2 Å². The Labute approximate surface area is 119 Å². The number of nitrogens with zero attached hydrogens (tertiary/aromatic N) is 2. The van der Waals surface area contributed by atoms with Gasteiger partial charge in [-0.1, -0.05) is 19.8 Å². The minimum atomic E-state index is -0.960. The molecule has 1 aromatic rings. The zero-order valence-corrected chi connectivity index (χ0v) is 12.0. The summed E-state index contributed by atoms with van der Waals surface area (Å²) in [5.41, 5.74) is 6.57. The average Bonchev–Trinajstić information content (AvgIpc) is 2.45.